The molecule has 3 aromatic rings. The lowest BCUT2D eigenvalue weighted by molar-refractivity contribution is -0.127. The van der Waals surface area contributed by atoms with Crippen LogP contribution in [-0.4, -0.2) is 77.0 Å². The highest BCUT2D eigenvalue weighted by atomic mass is 16.5. The van der Waals surface area contributed by atoms with Crippen molar-refractivity contribution in [3.05, 3.63) is 59.5 Å². The number of ether oxygens (including phenoxy) is 1. The van der Waals surface area contributed by atoms with Crippen LogP contribution in [0.3, 0.4) is 0 Å². The van der Waals surface area contributed by atoms with Gasteiger partial charge in [-0.1, -0.05) is 18.2 Å². The number of aromatic nitrogens is 2. The van der Waals surface area contributed by atoms with Gasteiger partial charge in [-0.3, -0.25) is 19.4 Å². The number of rotatable bonds is 5. The van der Waals surface area contributed by atoms with E-state index in [1.54, 1.807) is 24.0 Å². The summed E-state index contributed by atoms with van der Waals surface area (Å²) in [5.74, 6) is -1.05. The van der Waals surface area contributed by atoms with Gasteiger partial charge in [0.2, 0.25) is 5.66 Å². The summed E-state index contributed by atoms with van der Waals surface area (Å²) < 4.78 is 5.44. The Balaban J connectivity index is 1.37. The van der Waals surface area contributed by atoms with Gasteiger partial charge in [-0.05, 0) is 19.1 Å². The summed E-state index contributed by atoms with van der Waals surface area (Å²) in [5.41, 5.74) is 0.695. The zero-order valence-corrected chi connectivity index (χ0v) is 19.3. The fourth-order valence-electron chi connectivity index (χ4n) is 4.36. The summed E-state index contributed by atoms with van der Waals surface area (Å²) in [6, 6.07) is 8.99. The van der Waals surface area contributed by atoms with E-state index in [0.717, 1.165) is 0 Å². The number of benzene rings is 1. The van der Waals surface area contributed by atoms with Crippen LogP contribution in [0.25, 0.3) is 10.9 Å². The number of nitrogens with one attached hydrogen (secondary N) is 1. The van der Waals surface area contributed by atoms with E-state index in [9.17, 15) is 14.4 Å². The Morgan fingerprint density at radius 1 is 1.06 bits per heavy atom. The highest BCUT2D eigenvalue weighted by molar-refractivity contribution is 6.45. The molecule has 1 unspecified atom stereocenters. The van der Waals surface area contributed by atoms with Crippen molar-refractivity contribution >= 4 is 34.8 Å². The van der Waals surface area contributed by atoms with Gasteiger partial charge in [0.15, 0.2) is 0 Å². The molecule has 5 rings (SSSR count). The molecule has 2 aliphatic rings. The average molecular weight is 473 g/mol. The maximum Gasteiger partial charge on any atom is 0.295 e. The first-order valence-electron chi connectivity index (χ1n) is 11.1. The predicted octanol–water partition coefficient (Wildman–Crippen LogP) is 2.41. The predicted molar refractivity (Wildman–Crippen MR) is 127 cm³/mol. The Labute approximate surface area is 200 Å². The van der Waals surface area contributed by atoms with Gasteiger partial charge in [0.05, 0.1) is 29.8 Å². The number of piperazine rings is 1. The fourth-order valence-corrected chi connectivity index (χ4v) is 4.36. The number of hydrogen-bond donors (Lipinski definition) is 1. The van der Waals surface area contributed by atoms with E-state index in [1.807, 2.05) is 18.2 Å². The summed E-state index contributed by atoms with van der Waals surface area (Å²) in [4.78, 5) is 54.0. The van der Waals surface area contributed by atoms with Crippen molar-refractivity contribution in [1.82, 2.24) is 19.8 Å². The number of H-pyrrole nitrogens is 1. The summed E-state index contributed by atoms with van der Waals surface area (Å²) >= 11 is 0. The Bertz CT molecular complexity index is 1360. The molecular formula is C24H23N7O4. The number of Topliss-reactive ketones (excluding diaryl/α,β-unsaturated/α-hetero) is 1. The number of amides is 2. The average Bonchev–Trinajstić information content (AvgIpc) is 3.55. The molecule has 11 heteroatoms. The van der Waals surface area contributed by atoms with Crippen LogP contribution >= 0.6 is 0 Å². The molecule has 35 heavy (non-hydrogen) atoms. The van der Waals surface area contributed by atoms with Gasteiger partial charge in [0.25, 0.3) is 17.6 Å². The topological polar surface area (TPSA) is 133 Å². The lowest BCUT2D eigenvalue weighted by atomic mass is 10.0. The monoisotopic (exact) mass is 473 g/mol. The minimum atomic E-state index is -1.04. The minimum Gasteiger partial charge on any atom is -0.494 e. The molecule has 0 aliphatic carbocycles. The van der Waals surface area contributed by atoms with Crippen LogP contribution in [-0.2, 0) is 10.5 Å². The number of azo groups is 1. The number of carbonyl (C=O) groups is 3. The van der Waals surface area contributed by atoms with Crippen LogP contribution in [0.5, 0.6) is 5.75 Å². The molecule has 2 aliphatic heterocycles. The van der Waals surface area contributed by atoms with E-state index in [1.165, 1.54) is 30.7 Å². The van der Waals surface area contributed by atoms with Crippen molar-refractivity contribution < 1.29 is 19.1 Å². The molecule has 0 bridgehead atoms. The number of methoxy groups -OCH3 is 1. The lowest BCUT2D eigenvalue weighted by Gasteiger charge is -2.34. The molecule has 11 nitrogen and oxygen atoms in total. The van der Waals surface area contributed by atoms with E-state index in [2.05, 4.69) is 25.2 Å². The quantitative estimate of drug-likeness (QED) is 0.449. The Kier molecular flexibility index (Phi) is 5.59. The second kappa shape index (κ2) is 8.75. The molecule has 2 aromatic heterocycles. The summed E-state index contributed by atoms with van der Waals surface area (Å²) in [6.07, 6.45) is 4.31. The molecule has 0 radical (unpaired) electrons. The van der Waals surface area contributed by atoms with Crippen LogP contribution in [0.15, 0.2) is 57.9 Å². The maximum absolute atomic E-state index is 13.3. The van der Waals surface area contributed by atoms with E-state index >= 15 is 0 Å². The van der Waals surface area contributed by atoms with Crippen molar-refractivity contribution in [2.45, 2.75) is 12.6 Å². The third-order valence-corrected chi connectivity index (χ3v) is 6.27. The molecule has 1 N–H and O–H groups in total. The fraction of sp³-hybridized carbons (Fsp3) is 0.292. The molecule has 1 atom stereocenters. The van der Waals surface area contributed by atoms with Crippen LogP contribution in [0, 0.1) is 0 Å². The molecule has 2 amide bonds. The summed E-state index contributed by atoms with van der Waals surface area (Å²) in [5, 5.41) is 8.40. The van der Waals surface area contributed by atoms with E-state index in [-0.39, 0.29) is 24.6 Å². The van der Waals surface area contributed by atoms with Crippen LogP contribution in [0.1, 0.15) is 33.3 Å². The number of carbonyl (C=O) groups excluding carboxylic acids is 3. The highest BCUT2D eigenvalue weighted by Crippen LogP contribution is 2.38. The first-order valence-corrected chi connectivity index (χ1v) is 11.1. The van der Waals surface area contributed by atoms with Gasteiger partial charge >= 0.3 is 0 Å². The van der Waals surface area contributed by atoms with Crippen LogP contribution < -0.4 is 4.74 Å². The number of fused-ring (bicyclic) bond motifs is 1. The summed E-state index contributed by atoms with van der Waals surface area (Å²) in [7, 11) is 1.47. The normalized spacial score (nSPS) is 19.4. The third kappa shape index (κ3) is 3.84. The maximum atomic E-state index is 13.3. The molecule has 1 saturated heterocycles. The van der Waals surface area contributed by atoms with E-state index in [4.69, 9.17) is 4.74 Å². The van der Waals surface area contributed by atoms with Gasteiger partial charge in [-0.25, -0.2) is 4.99 Å². The van der Waals surface area contributed by atoms with Crippen molar-refractivity contribution in [3.8, 4) is 5.75 Å². The largest absolute Gasteiger partial charge is 0.494 e. The SMILES string of the molecule is COc1cnc(C2(C)N=CN=N2)c2[nH]cc(C(=O)C(=O)N3CCN(C(=O)c4ccccc4)CC3)c12. The molecule has 4 heterocycles. The van der Waals surface area contributed by atoms with Gasteiger partial charge in [0, 0.05) is 37.9 Å². The molecule has 1 fully saturated rings. The van der Waals surface area contributed by atoms with Gasteiger partial charge in [0.1, 0.15) is 17.8 Å². The number of aliphatic imine (C=N–C) groups is 1. The Morgan fingerprint density at radius 3 is 2.43 bits per heavy atom. The van der Waals surface area contributed by atoms with Gasteiger partial charge in [-0.15, -0.1) is 5.11 Å². The van der Waals surface area contributed by atoms with Gasteiger partial charge < -0.3 is 19.5 Å². The van der Waals surface area contributed by atoms with Gasteiger partial charge in [-0.2, -0.15) is 5.11 Å². The number of aromatic amines is 1. The van der Waals surface area contributed by atoms with Crippen molar-refractivity contribution in [3.63, 3.8) is 0 Å². The second-order valence-corrected chi connectivity index (χ2v) is 8.39. The van der Waals surface area contributed by atoms with Crippen LogP contribution in [0.4, 0.5) is 0 Å². The molecule has 0 spiro atoms. The lowest BCUT2D eigenvalue weighted by Crippen LogP contribution is -2.52. The minimum absolute atomic E-state index is 0.0920. The zero-order valence-electron chi connectivity index (χ0n) is 19.3. The Morgan fingerprint density at radius 2 is 1.77 bits per heavy atom. The van der Waals surface area contributed by atoms with Crippen molar-refractivity contribution in [2.75, 3.05) is 33.3 Å². The van der Waals surface area contributed by atoms with Crippen molar-refractivity contribution in [1.29, 1.82) is 0 Å². The number of nitrogens with zero attached hydrogens (tertiary/aromatic N) is 6. The summed E-state index contributed by atoms with van der Waals surface area (Å²) in [6.45, 7) is 2.97. The standard InChI is InChI=1S/C24H23N7O4/c1-24(27-14-28-29-24)21-19-18(17(35-2)13-26-21)16(12-25-19)20(32)23(34)31-10-8-30(9-11-31)22(33)15-6-4-3-5-7-15/h3-7,12-14,25H,8-11H2,1-2H3. The number of ketones is 1. The highest BCUT2D eigenvalue weighted by Gasteiger charge is 2.35. The molecule has 1 aromatic carbocycles. The van der Waals surface area contributed by atoms with E-state index in [0.29, 0.717) is 41.0 Å². The first-order chi connectivity index (χ1) is 16.9. The first kappa shape index (κ1) is 22.4. The van der Waals surface area contributed by atoms with Crippen molar-refractivity contribution in [2.24, 2.45) is 15.2 Å². The van der Waals surface area contributed by atoms with Crippen LogP contribution in [0.2, 0.25) is 0 Å². The number of hydrogen-bond acceptors (Lipinski definition) is 8. The Hall–Kier alpha value is -4.41. The smallest absolute Gasteiger partial charge is 0.295 e. The molecule has 178 valence electrons. The van der Waals surface area contributed by atoms with E-state index < -0.39 is 17.4 Å². The zero-order chi connectivity index (χ0) is 24.6. The molecular weight excluding hydrogens is 450 g/mol. The second-order valence-electron chi connectivity index (χ2n) is 8.39. The number of pyridine rings is 1. The molecule has 0 saturated carbocycles. The third-order valence-electron chi connectivity index (χ3n) is 6.27.